The number of aromatic nitrogens is 2. The lowest BCUT2D eigenvalue weighted by atomic mass is 9.81. The van der Waals surface area contributed by atoms with Crippen LogP contribution in [0.25, 0.3) is 87.5 Å². The van der Waals surface area contributed by atoms with Crippen LogP contribution in [0.1, 0.15) is 25.0 Å². The molecule has 246 valence electrons. The molecule has 0 saturated carbocycles. The topological polar surface area (TPSA) is 25.8 Å². The predicted octanol–water partition coefficient (Wildman–Crippen LogP) is 13.5. The Morgan fingerprint density at radius 1 is 0.423 bits per heavy atom. The maximum absolute atomic E-state index is 5.28. The van der Waals surface area contributed by atoms with Crippen molar-refractivity contribution in [2.24, 2.45) is 0 Å². The summed E-state index contributed by atoms with van der Waals surface area (Å²) in [6, 6.07) is 61.1. The van der Waals surface area contributed by atoms with Gasteiger partial charge in [0.2, 0.25) is 0 Å². The fraction of sp³-hybridized carbons (Fsp3) is 0.0612. The van der Waals surface area contributed by atoms with Crippen LogP contribution in [0.5, 0.6) is 0 Å². The molecule has 0 fully saturated rings. The zero-order valence-electron chi connectivity index (χ0n) is 29.0. The molecule has 2 aromatic heterocycles. The third-order valence-electron chi connectivity index (χ3n) is 10.7. The molecular weight excluding hydrogens is 649 g/mol. The van der Waals surface area contributed by atoms with Gasteiger partial charge in [-0.3, -0.25) is 0 Å². The fourth-order valence-electron chi connectivity index (χ4n) is 8.10. The number of hydrogen-bond acceptors (Lipinski definition) is 3. The minimum absolute atomic E-state index is 0.0405. The van der Waals surface area contributed by atoms with Crippen molar-refractivity contribution in [2.75, 3.05) is 0 Å². The first kappa shape index (κ1) is 30.6. The van der Waals surface area contributed by atoms with Crippen LogP contribution < -0.4 is 0 Å². The van der Waals surface area contributed by atoms with E-state index in [4.69, 9.17) is 9.97 Å². The van der Waals surface area contributed by atoms with Crippen molar-refractivity contribution in [1.29, 1.82) is 0 Å². The molecule has 0 spiro atoms. The lowest BCUT2D eigenvalue weighted by Crippen LogP contribution is -2.14. The summed E-state index contributed by atoms with van der Waals surface area (Å²) in [5.74, 6) is 0.718. The highest BCUT2D eigenvalue weighted by molar-refractivity contribution is 7.26. The summed E-state index contributed by atoms with van der Waals surface area (Å²) < 4.78 is 2.55. The van der Waals surface area contributed by atoms with Crippen molar-refractivity contribution in [3.05, 3.63) is 181 Å². The summed E-state index contributed by atoms with van der Waals surface area (Å²) in [6.45, 7) is 4.69. The van der Waals surface area contributed by atoms with Crippen LogP contribution in [-0.4, -0.2) is 9.97 Å². The average molecular weight is 683 g/mol. The molecule has 1 aliphatic carbocycles. The Bertz CT molecular complexity index is 2740. The van der Waals surface area contributed by atoms with E-state index in [1.807, 2.05) is 35.6 Å². The molecule has 10 rings (SSSR count). The van der Waals surface area contributed by atoms with Crippen molar-refractivity contribution in [3.8, 4) is 67.3 Å². The summed E-state index contributed by atoms with van der Waals surface area (Å²) in [6.07, 6.45) is 0. The highest BCUT2D eigenvalue weighted by Gasteiger charge is 2.35. The van der Waals surface area contributed by atoms with Gasteiger partial charge < -0.3 is 0 Å². The van der Waals surface area contributed by atoms with E-state index >= 15 is 0 Å². The van der Waals surface area contributed by atoms with E-state index in [9.17, 15) is 0 Å². The second kappa shape index (κ2) is 12.0. The Balaban J connectivity index is 1.16. The smallest absolute Gasteiger partial charge is 0.160 e. The van der Waals surface area contributed by atoms with Gasteiger partial charge in [-0.1, -0.05) is 159 Å². The van der Waals surface area contributed by atoms with Crippen LogP contribution in [-0.2, 0) is 5.41 Å². The molecule has 2 nitrogen and oxygen atoms in total. The molecule has 0 bridgehead atoms. The van der Waals surface area contributed by atoms with Crippen LogP contribution in [0, 0.1) is 0 Å². The van der Waals surface area contributed by atoms with Gasteiger partial charge in [-0.15, -0.1) is 11.3 Å². The van der Waals surface area contributed by atoms with E-state index < -0.39 is 0 Å². The molecule has 2 heterocycles. The number of thiophene rings is 1. The molecule has 0 radical (unpaired) electrons. The third-order valence-corrected chi connectivity index (χ3v) is 11.9. The van der Waals surface area contributed by atoms with Crippen LogP contribution in [0.15, 0.2) is 170 Å². The highest BCUT2D eigenvalue weighted by Crippen LogP contribution is 2.50. The second-order valence-corrected chi connectivity index (χ2v) is 15.2. The molecule has 9 aromatic rings. The molecule has 3 heteroatoms. The lowest BCUT2D eigenvalue weighted by molar-refractivity contribution is 0.660. The fourth-order valence-corrected chi connectivity index (χ4v) is 9.22. The van der Waals surface area contributed by atoms with Gasteiger partial charge in [0.1, 0.15) is 0 Å². The minimum atomic E-state index is -0.0405. The van der Waals surface area contributed by atoms with Crippen molar-refractivity contribution in [1.82, 2.24) is 9.97 Å². The number of fused-ring (bicyclic) bond motifs is 6. The van der Waals surface area contributed by atoms with E-state index in [0.717, 1.165) is 33.9 Å². The van der Waals surface area contributed by atoms with Gasteiger partial charge in [0.25, 0.3) is 0 Å². The van der Waals surface area contributed by atoms with E-state index in [1.54, 1.807) is 0 Å². The standard InChI is InChI=1S/C49H34N2S/c1-49(2)40-19-11-9-17-36(40)37-26-25-35(29-41(37)49)31-21-23-33(24-22-31)46-38(27-28-45-47(46)39-18-10-12-20-44(39)52-45)43-30-42(32-13-5-3-6-14-32)50-48(51-43)34-15-7-4-8-16-34/h3-30H,1-2H3. The van der Waals surface area contributed by atoms with Crippen molar-refractivity contribution >= 4 is 31.5 Å². The van der Waals surface area contributed by atoms with Crippen LogP contribution >= 0.6 is 11.3 Å². The largest absolute Gasteiger partial charge is 0.228 e. The van der Waals surface area contributed by atoms with E-state index in [-0.39, 0.29) is 5.41 Å². The Morgan fingerprint density at radius 2 is 1.04 bits per heavy atom. The molecule has 0 saturated heterocycles. The highest BCUT2D eigenvalue weighted by atomic mass is 32.1. The second-order valence-electron chi connectivity index (χ2n) is 14.2. The van der Waals surface area contributed by atoms with Crippen molar-refractivity contribution in [2.45, 2.75) is 19.3 Å². The molecule has 0 unspecified atom stereocenters. The van der Waals surface area contributed by atoms with Gasteiger partial charge in [0.15, 0.2) is 5.82 Å². The predicted molar refractivity (Wildman–Crippen MR) is 220 cm³/mol. The van der Waals surface area contributed by atoms with Gasteiger partial charge in [0.05, 0.1) is 11.4 Å². The lowest BCUT2D eigenvalue weighted by Gasteiger charge is -2.22. The van der Waals surface area contributed by atoms with Gasteiger partial charge >= 0.3 is 0 Å². The van der Waals surface area contributed by atoms with Gasteiger partial charge in [-0.25, -0.2) is 9.97 Å². The number of rotatable bonds is 5. The summed E-state index contributed by atoms with van der Waals surface area (Å²) >= 11 is 1.85. The average Bonchev–Trinajstić information content (AvgIpc) is 3.70. The van der Waals surface area contributed by atoms with Gasteiger partial charge in [-0.05, 0) is 63.2 Å². The Labute approximate surface area is 307 Å². The first-order valence-corrected chi connectivity index (χ1v) is 18.6. The molecule has 7 aromatic carbocycles. The molecular formula is C49H34N2S. The van der Waals surface area contributed by atoms with Crippen LogP contribution in [0.2, 0.25) is 0 Å². The zero-order chi connectivity index (χ0) is 34.8. The first-order valence-electron chi connectivity index (χ1n) is 17.8. The normalized spacial score (nSPS) is 13.0. The Morgan fingerprint density at radius 3 is 1.85 bits per heavy atom. The summed E-state index contributed by atoms with van der Waals surface area (Å²) in [5, 5.41) is 2.54. The first-order chi connectivity index (χ1) is 25.5. The van der Waals surface area contributed by atoms with Crippen LogP contribution in [0.3, 0.4) is 0 Å². The molecule has 0 aliphatic heterocycles. The van der Waals surface area contributed by atoms with Gasteiger partial charge in [-0.2, -0.15) is 0 Å². The molecule has 0 amide bonds. The van der Waals surface area contributed by atoms with E-state index in [2.05, 4.69) is 159 Å². The Kier molecular flexibility index (Phi) is 7.06. The monoisotopic (exact) mass is 682 g/mol. The molecule has 52 heavy (non-hydrogen) atoms. The maximum Gasteiger partial charge on any atom is 0.160 e. The summed E-state index contributed by atoms with van der Waals surface area (Å²) in [5.41, 5.74) is 15.2. The summed E-state index contributed by atoms with van der Waals surface area (Å²) in [4.78, 5) is 10.4. The zero-order valence-corrected chi connectivity index (χ0v) is 29.8. The van der Waals surface area contributed by atoms with Crippen molar-refractivity contribution in [3.63, 3.8) is 0 Å². The third kappa shape index (κ3) is 4.92. The minimum Gasteiger partial charge on any atom is -0.228 e. The Hall–Kier alpha value is -6.16. The SMILES string of the molecule is CC1(C)c2ccccc2-c2ccc(-c3ccc(-c4c(-c5cc(-c6ccccc6)nc(-c6ccccc6)n5)ccc5sc6ccccc6c45)cc3)cc21. The number of nitrogens with zero attached hydrogens (tertiary/aromatic N) is 2. The molecule has 0 atom stereocenters. The van der Waals surface area contributed by atoms with Crippen molar-refractivity contribution < 1.29 is 0 Å². The number of benzene rings is 7. The number of hydrogen-bond donors (Lipinski definition) is 0. The van der Waals surface area contributed by atoms with Crippen LogP contribution in [0.4, 0.5) is 0 Å². The van der Waals surface area contributed by atoms with Gasteiger partial charge in [0, 0.05) is 47.8 Å². The maximum atomic E-state index is 5.28. The van der Waals surface area contributed by atoms with E-state index in [0.29, 0.717) is 0 Å². The summed E-state index contributed by atoms with van der Waals surface area (Å²) in [7, 11) is 0. The quantitative estimate of drug-likeness (QED) is 0.181. The molecule has 0 N–H and O–H groups in total. The van der Waals surface area contributed by atoms with E-state index in [1.165, 1.54) is 64.7 Å². The molecule has 1 aliphatic rings.